The van der Waals surface area contributed by atoms with Gasteiger partial charge >= 0.3 is 5.97 Å². The Morgan fingerprint density at radius 3 is 2.55 bits per heavy atom. The van der Waals surface area contributed by atoms with Gasteiger partial charge in [0.05, 0.1) is 18.0 Å². The van der Waals surface area contributed by atoms with Gasteiger partial charge in [-0.1, -0.05) is 0 Å². The molecule has 1 atom stereocenters. The van der Waals surface area contributed by atoms with E-state index in [4.69, 9.17) is 10.5 Å². The standard InChI is InChI=1S/C21H26FN3O4/c1-21(2,23)11-6-7-24(9-11)17-15(22)8-13-16(19(17)29-3)25(12-4-5-12)10-14(18(13)26)20(27)28/h8,10-12H,4-7,9,23H2,1-3H3,(H,27,28)/t11-/m1/s1. The Hall–Kier alpha value is -2.61. The van der Waals surface area contributed by atoms with E-state index in [1.54, 1.807) is 4.57 Å². The van der Waals surface area contributed by atoms with Crippen LogP contribution in [-0.2, 0) is 0 Å². The second-order valence-corrected chi connectivity index (χ2v) is 8.70. The molecule has 2 heterocycles. The van der Waals surface area contributed by atoms with Crippen LogP contribution in [0.25, 0.3) is 10.9 Å². The number of hydrogen-bond acceptors (Lipinski definition) is 5. The summed E-state index contributed by atoms with van der Waals surface area (Å²) in [6.45, 7) is 5.15. The van der Waals surface area contributed by atoms with E-state index < -0.39 is 17.2 Å². The summed E-state index contributed by atoms with van der Waals surface area (Å²) in [5.41, 5.74) is 5.59. The van der Waals surface area contributed by atoms with E-state index in [0.29, 0.717) is 24.3 Å². The normalized spacial score (nSPS) is 19.8. The van der Waals surface area contributed by atoms with Crippen molar-refractivity contribution in [3.8, 4) is 5.75 Å². The lowest BCUT2D eigenvalue weighted by Gasteiger charge is -2.28. The highest BCUT2D eigenvalue weighted by Gasteiger charge is 2.36. The second-order valence-electron chi connectivity index (χ2n) is 8.70. The molecule has 2 aliphatic rings. The van der Waals surface area contributed by atoms with E-state index in [2.05, 4.69) is 0 Å². The van der Waals surface area contributed by atoms with Crippen molar-refractivity contribution in [1.82, 2.24) is 4.57 Å². The van der Waals surface area contributed by atoms with Crippen molar-refractivity contribution in [2.45, 2.75) is 44.7 Å². The number of pyridine rings is 1. The van der Waals surface area contributed by atoms with Crippen LogP contribution in [0.2, 0.25) is 0 Å². The van der Waals surface area contributed by atoms with E-state index in [1.807, 2.05) is 18.7 Å². The molecule has 1 aromatic heterocycles. The summed E-state index contributed by atoms with van der Waals surface area (Å²) in [6.07, 6.45) is 3.95. The number of methoxy groups -OCH3 is 1. The number of carboxylic acid groups (broad SMARTS) is 1. The fraction of sp³-hybridized carbons (Fsp3) is 0.524. The number of aromatic carboxylic acids is 1. The molecule has 2 fully saturated rings. The molecule has 2 aromatic rings. The first kappa shape index (κ1) is 19.7. The number of carbonyl (C=O) groups is 1. The molecule has 1 saturated heterocycles. The zero-order valence-electron chi connectivity index (χ0n) is 16.9. The van der Waals surface area contributed by atoms with Crippen LogP contribution in [0.3, 0.4) is 0 Å². The molecule has 4 rings (SSSR count). The summed E-state index contributed by atoms with van der Waals surface area (Å²) < 4.78 is 22.6. The summed E-state index contributed by atoms with van der Waals surface area (Å²) in [5.74, 6) is -1.44. The number of hydrogen-bond donors (Lipinski definition) is 2. The van der Waals surface area contributed by atoms with Gasteiger partial charge in [-0.15, -0.1) is 0 Å². The Morgan fingerprint density at radius 1 is 1.34 bits per heavy atom. The molecule has 1 saturated carbocycles. The third-order valence-electron chi connectivity index (χ3n) is 6.13. The van der Waals surface area contributed by atoms with Gasteiger partial charge in [-0.2, -0.15) is 0 Å². The molecule has 0 spiro atoms. The first-order valence-electron chi connectivity index (χ1n) is 9.86. The third kappa shape index (κ3) is 3.25. The van der Waals surface area contributed by atoms with Gasteiger partial charge in [-0.3, -0.25) is 4.79 Å². The van der Waals surface area contributed by atoms with Gasteiger partial charge in [-0.25, -0.2) is 9.18 Å². The number of nitrogens with two attached hydrogens (primary N) is 1. The lowest BCUT2D eigenvalue weighted by Crippen LogP contribution is -2.42. The molecule has 29 heavy (non-hydrogen) atoms. The smallest absolute Gasteiger partial charge is 0.341 e. The maximum Gasteiger partial charge on any atom is 0.341 e. The molecule has 156 valence electrons. The minimum Gasteiger partial charge on any atom is -0.492 e. The predicted octanol–water partition coefficient (Wildman–Crippen LogP) is 2.75. The molecule has 3 N–H and O–H groups in total. The zero-order chi connectivity index (χ0) is 21.1. The highest BCUT2D eigenvalue weighted by molar-refractivity contribution is 5.97. The Labute approximate surface area is 167 Å². The topological polar surface area (TPSA) is 97.8 Å². The van der Waals surface area contributed by atoms with Crippen LogP contribution in [0.1, 0.15) is 49.5 Å². The third-order valence-corrected chi connectivity index (χ3v) is 6.13. The molecule has 0 unspecified atom stereocenters. The van der Waals surface area contributed by atoms with E-state index in [9.17, 15) is 14.7 Å². The Morgan fingerprint density at radius 2 is 2.03 bits per heavy atom. The molecule has 8 heteroatoms. The van der Waals surface area contributed by atoms with Gasteiger partial charge in [0.15, 0.2) is 11.6 Å². The van der Waals surface area contributed by atoms with Crippen LogP contribution in [0.15, 0.2) is 17.1 Å². The number of nitrogens with zero attached hydrogens (tertiary/aromatic N) is 2. The number of carboxylic acids is 1. The number of rotatable bonds is 5. The fourth-order valence-corrected chi connectivity index (χ4v) is 4.29. The number of fused-ring (bicyclic) bond motifs is 1. The fourth-order valence-electron chi connectivity index (χ4n) is 4.29. The molecule has 1 aliphatic carbocycles. The molecule has 7 nitrogen and oxygen atoms in total. The zero-order valence-corrected chi connectivity index (χ0v) is 16.9. The quantitative estimate of drug-likeness (QED) is 0.797. The Bertz CT molecular complexity index is 1050. The average molecular weight is 403 g/mol. The van der Waals surface area contributed by atoms with Crippen molar-refractivity contribution in [2.24, 2.45) is 11.7 Å². The highest BCUT2D eigenvalue weighted by Crippen LogP contribution is 2.45. The van der Waals surface area contributed by atoms with Crippen molar-refractivity contribution in [3.05, 3.63) is 33.9 Å². The minimum atomic E-state index is -1.32. The maximum atomic E-state index is 15.3. The van der Waals surface area contributed by atoms with Gasteiger partial charge in [0.1, 0.15) is 11.3 Å². The van der Waals surface area contributed by atoms with Gasteiger partial charge in [0.25, 0.3) is 0 Å². The molecule has 0 radical (unpaired) electrons. The SMILES string of the molecule is COc1c(N2CC[C@@H](C(C)(C)N)C2)c(F)cc2c(=O)c(C(=O)O)cn(C3CC3)c12. The molecule has 0 amide bonds. The summed E-state index contributed by atoms with van der Waals surface area (Å²) in [5, 5.41) is 9.45. The summed E-state index contributed by atoms with van der Waals surface area (Å²) in [4.78, 5) is 26.2. The molecular formula is C21H26FN3O4. The molecule has 1 aromatic carbocycles. The van der Waals surface area contributed by atoms with Crippen molar-refractivity contribution in [1.29, 1.82) is 0 Å². The summed E-state index contributed by atoms with van der Waals surface area (Å²) in [6, 6.07) is 1.24. The maximum absolute atomic E-state index is 15.3. The van der Waals surface area contributed by atoms with Gasteiger partial charge in [0.2, 0.25) is 5.43 Å². The first-order chi connectivity index (χ1) is 13.6. The summed E-state index contributed by atoms with van der Waals surface area (Å²) in [7, 11) is 1.45. The monoisotopic (exact) mass is 403 g/mol. The largest absolute Gasteiger partial charge is 0.492 e. The molecule has 0 bridgehead atoms. The first-order valence-corrected chi connectivity index (χ1v) is 9.86. The lowest BCUT2D eigenvalue weighted by atomic mass is 9.88. The van der Waals surface area contributed by atoms with Crippen molar-refractivity contribution < 1.29 is 19.0 Å². The predicted molar refractivity (Wildman–Crippen MR) is 109 cm³/mol. The Kier molecular flexibility index (Phi) is 4.57. The average Bonchev–Trinajstić information content (AvgIpc) is 3.36. The molecular weight excluding hydrogens is 377 g/mol. The van der Waals surface area contributed by atoms with Crippen molar-refractivity contribution in [3.63, 3.8) is 0 Å². The van der Waals surface area contributed by atoms with Crippen molar-refractivity contribution >= 4 is 22.6 Å². The van der Waals surface area contributed by atoms with Crippen LogP contribution in [-0.4, -0.2) is 41.4 Å². The van der Waals surface area contributed by atoms with E-state index in [0.717, 1.165) is 25.3 Å². The molecule has 1 aliphatic heterocycles. The van der Waals surface area contributed by atoms with Crippen LogP contribution >= 0.6 is 0 Å². The van der Waals surface area contributed by atoms with E-state index in [1.165, 1.54) is 13.3 Å². The Balaban J connectivity index is 1.95. The van der Waals surface area contributed by atoms with Gasteiger partial charge < -0.3 is 25.0 Å². The number of benzene rings is 1. The summed E-state index contributed by atoms with van der Waals surface area (Å²) >= 11 is 0. The highest BCUT2D eigenvalue weighted by atomic mass is 19.1. The number of anilines is 1. The number of aromatic nitrogens is 1. The minimum absolute atomic E-state index is 0.0322. The van der Waals surface area contributed by atoms with Crippen LogP contribution in [0, 0.1) is 11.7 Å². The van der Waals surface area contributed by atoms with Crippen LogP contribution in [0.4, 0.5) is 10.1 Å². The van der Waals surface area contributed by atoms with E-state index in [-0.39, 0.29) is 34.2 Å². The van der Waals surface area contributed by atoms with E-state index >= 15 is 4.39 Å². The van der Waals surface area contributed by atoms with Gasteiger partial charge in [0, 0.05) is 30.9 Å². The lowest BCUT2D eigenvalue weighted by molar-refractivity contribution is 0.0695. The second kappa shape index (κ2) is 6.73. The van der Waals surface area contributed by atoms with Crippen molar-refractivity contribution in [2.75, 3.05) is 25.1 Å². The number of ether oxygens (including phenoxy) is 1. The van der Waals surface area contributed by atoms with Gasteiger partial charge in [-0.05, 0) is 45.1 Å². The van der Waals surface area contributed by atoms with Crippen LogP contribution in [0.5, 0.6) is 5.75 Å². The number of halogens is 1. The van der Waals surface area contributed by atoms with Crippen LogP contribution < -0.4 is 20.8 Å².